The Bertz CT molecular complexity index is 174. The van der Waals surface area contributed by atoms with Crippen molar-refractivity contribution >= 4 is 10.0 Å². The van der Waals surface area contributed by atoms with Crippen molar-refractivity contribution < 1.29 is 8.42 Å². The molecule has 0 amide bonds. The van der Waals surface area contributed by atoms with Gasteiger partial charge in [0.05, 0.1) is 5.75 Å². The molecule has 62 valence electrons. The van der Waals surface area contributed by atoms with Crippen molar-refractivity contribution in [1.82, 2.24) is 4.31 Å². The molecule has 1 rings (SSSR count). The molecule has 0 aromatic carbocycles. The molecule has 3 nitrogen and oxygen atoms in total. The van der Waals surface area contributed by atoms with E-state index in [1.54, 1.807) is 7.05 Å². The van der Waals surface area contributed by atoms with E-state index in [-0.39, 0.29) is 0 Å². The standard InChI is InChI=1S/C4H9NO2S.C2H6/c1-5-3-2-4-8(5,6)7;1-2/h2-4H2,1H3;1-2H3. The van der Waals surface area contributed by atoms with Crippen LogP contribution in [0.15, 0.2) is 0 Å². The predicted octanol–water partition coefficient (Wildman–Crippen LogP) is 0.678. The second-order valence-corrected chi connectivity index (χ2v) is 4.19. The van der Waals surface area contributed by atoms with Crippen LogP contribution in [0.25, 0.3) is 0 Å². The van der Waals surface area contributed by atoms with Crippen LogP contribution in [-0.4, -0.2) is 32.1 Å². The lowest BCUT2D eigenvalue weighted by Crippen LogP contribution is -2.19. The Kier molecular flexibility index (Phi) is 3.89. The molecule has 0 N–H and O–H groups in total. The molecular formula is C6H15NO2S. The molecule has 0 aliphatic carbocycles. The molecule has 1 heterocycles. The van der Waals surface area contributed by atoms with E-state index in [9.17, 15) is 8.42 Å². The lowest BCUT2D eigenvalue weighted by Gasteiger charge is -2.02. The molecule has 1 saturated heterocycles. The summed E-state index contributed by atoms with van der Waals surface area (Å²) < 4.78 is 22.8. The zero-order valence-corrected chi connectivity index (χ0v) is 7.61. The molecule has 10 heavy (non-hydrogen) atoms. The van der Waals surface area contributed by atoms with Gasteiger partial charge in [0.15, 0.2) is 0 Å². The molecule has 1 fully saturated rings. The summed E-state index contributed by atoms with van der Waals surface area (Å²) in [6.45, 7) is 4.70. The first-order valence-electron chi connectivity index (χ1n) is 3.57. The molecule has 0 saturated carbocycles. The maximum Gasteiger partial charge on any atom is 0.213 e. The van der Waals surface area contributed by atoms with Gasteiger partial charge in [0.1, 0.15) is 0 Å². The van der Waals surface area contributed by atoms with Gasteiger partial charge in [-0.05, 0) is 6.42 Å². The van der Waals surface area contributed by atoms with Crippen molar-refractivity contribution in [1.29, 1.82) is 0 Å². The van der Waals surface area contributed by atoms with Gasteiger partial charge in [0.2, 0.25) is 10.0 Å². The minimum atomic E-state index is -2.79. The summed E-state index contributed by atoms with van der Waals surface area (Å²) in [5.74, 6) is 0.337. The lowest BCUT2D eigenvalue weighted by molar-refractivity contribution is 0.507. The van der Waals surface area contributed by atoms with Crippen molar-refractivity contribution in [2.75, 3.05) is 19.3 Å². The van der Waals surface area contributed by atoms with E-state index in [0.717, 1.165) is 6.42 Å². The van der Waals surface area contributed by atoms with E-state index < -0.39 is 10.0 Å². The van der Waals surface area contributed by atoms with Crippen LogP contribution in [0.2, 0.25) is 0 Å². The van der Waals surface area contributed by atoms with Crippen LogP contribution in [0.3, 0.4) is 0 Å². The quantitative estimate of drug-likeness (QED) is 0.529. The zero-order chi connectivity index (χ0) is 8.20. The molecule has 0 aromatic rings. The number of hydrogen-bond acceptors (Lipinski definition) is 2. The van der Waals surface area contributed by atoms with E-state index in [2.05, 4.69) is 0 Å². The lowest BCUT2D eigenvalue weighted by atomic mass is 10.5. The maximum absolute atomic E-state index is 10.7. The molecule has 0 radical (unpaired) electrons. The van der Waals surface area contributed by atoms with Crippen LogP contribution in [0.1, 0.15) is 20.3 Å². The molecule has 0 bridgehead atoms. The predicted molar refractivity (Wildman–Crippen MR) is 42.4 cm³/mol. The van der Waals surface area contributed by atoms with Gasteiger partial charge in [-0.15, -0.1) is 0 Å². The first kappa shape index (κ1) is 9.91. The molecule has 0 aromatic heterocycles. The summed E-state index contributed by atoms with van der Waals surface area (Å²) in [4.78, 5) is 0. The zero-order valence-electron chi connectivity index (χ0n) is 6.79. The Labute approximate surface area is 63.1 Å². The van der Waals surface area contributed by atoms with Gasteiger partial charge < -0.3 is 0 Å². The van der Waals surface area contributed by atoms with E-state index in [4.69, 9.17) is 0 Å². The monoisotopic (exact) mass is 165 g/mol. The fraction of sp³-hybridized carbons (Fsp3) is 1.00. The third kappa shape index (κ3) is 2.27. The van der Waals surface area contributed by atoms with Crippen LogP contribution in [0.5, 0.6) is 0 Å². The van der Waals surface area contributed by atoms with Crippen LogP contribution in [0, 0.1) is 0 Å². The smallest absolute Gasteiger partial charge is 0.212 e. The average molecular weight is 165 g/mol. The highest BCUT2D eigenvalue weighted by atomic mass is 32.2. The first-order valence-corrected chi connectivity index (χ1v) is 5.18. The summed E-state index contributed by atoms with van der Waals surface area (Å²) in [6.07, 6.45) is 0.791. The molecule has 0 unspecified atom stereocenters. The fourth-order valence-corrected chi connectivity index (χ4v) is 1.98. The molecule has 4 heteroatoms. The minimum Gasteiger partial charge on any atom is -0.212 e. The van der Waals surface area contributed by atoms with Crippen molar-refractivity contribution in [3.05, 3.63) is 0 Å². The average Bonchev–Trinajstić information content (AvgIpc) is 2.17. The van der Waals surface area contributed by atoms with Gasteiger partial charge >= 0.3 is 0 Å². The molecule has 1 aliphatic rings. The SMILES string of the molecule is CC.CN1CCCS1(=O)=O. The summed E-state index contributed by atoms with van der Waals surface area (Å²) in [7, 11) is -1.18. The second-order valence-electron chi connectivity index (χ2n) is 1.99. The largest absolute Gasteiger partial charge is 0.213 e. The Morgan fingerprint density at radius 3 is 1.90 bits per heavy atom. The summed E-state index contributed by atoms with van der Waals surface area (Å²) >= 11 is 0. The number of hydrogen-bond donors (Lipinski definition) is 0. The van der Waals surface area contributed by atoms with Crippen LogP contribution < -0.4 is 0 Å². The second kappa shape index (κ2) is 3.93. The molecule has 0 spiro atoms. The van der Waals surface area contributed by atoms with E-state index in [1.165, 1.54) is 4.31 Å². The van der Waals surface area contributed by atoms with E-state index in [1.807, 2.05) is 13.8 Å². The molecule has 1 aliphatic heterocycles. The van der Waals surface area contributed by atoms with Gasteiger partial charge in [0, 0.05) is 13.6 Å². The summed E-state index contributed by atoms with van der Waals surface area (Å²) in [6, 6.07) is 0. The van der Waals surface area contributed by atoms with E-state index >= 15 is 0 Å². The Morgan fingerprint density at radius 2 is 1.80 bits per heavy atom. The van der Waals surface area contributed by atoms with Gasteiger partial charge in [-0.1, -0.05) is 13.8 Å². The summed E-state index contributed by atoms with van der Waals surface area (Å²) in [5, 5.41) is 0. The number of rotatable bonds is 0. The maximum atomic E-state index is 10.7. The highest BCUT2D eigenvalue weighted by molar-refractivity contribution is 7.89. The van der Waals surface area contributed by atoms with E-state index in [0.29, 0.717) is 12.3 Å². The van der Waals surface area contributed by atoms with Crippen LogP contribution in [0.4, 0.5) is 0 Å². The van der Waals surface area contributed by atoms with Crippen molar-refractivity contribution in [3.8, 4) is 0 Å². The van der Waals surface area contributed by atoms with Crippen molar-refractivity contribution in [2.45, 2.75) is 20.3 Å². The number of sulfonamides is 1. The van der Waals surface area contributed by atoms with Gasteiger partial charge in [-0.25, -0.2) is 12.7 Å². The Balaban J connectivity index is 0.000000371. The highest BCUT2D eigenvalue weighted by Gasteiger charge is 2.23. The fourth-order valence-electron chi connectivity index (χ4n) is 0.765. The normalized spacial score (nSPS) is 23.5. The molecular weight excluding hydrogens is 150 g/mol. The first-order chi connectivity index (χ1) is 4.63. The Hall–Kier alpha value is -0.0900. The van der Waals surface area contributed by atoms with Crippen molar-refractivity contribution in [2.24, 2.45) is 0 Å². The van der Waals surface area contributed by atoms with Crippen LogP contribution >= 0.6 is 0 Å². The van der Waals surface area contributed by atoms with Gasteiger partial charge in [-0.3, -0.25) is 0 Å². The third-order valence-electron chi connectivity index (χ3n) is 1.35. The van der Waals surface area contributed by atoms with Gasteiger partial charge in [-0.2, -0.15) is 0 Å². The summed E-state index contributed by atoms with van der Waals surface area (Å²) in [5.41, 5.74) is 0. The Morgan fingerprint density at radius 1 is 1.30 bits per heavy atom. The minimum absolute atomic E-state index is 0.337. The highest BCUT2D eigenvalue weighted by Crippen LogP contribution is 2.08. The number of nitrogens with zero attached hydrogens (tertiary/aromatic N) is 1. The third-order valence-corrected chi connectivity index (χ3v) is 3.29. The van der Waals surface area contributed by atoms with Crippen LogP contribution in [-0.2, 0) is 10.0 Å². The van der Waals surface area contributed by atoms with Gasteiger partial charge in [0.25, 0.3) is 0 Å². The topological polar surface area (TPSA) is 37.4 Å². The molecule has 0 atom stereocenters. The van der Waals surface area contributed by atoms with Crippen molar-refractivity contribution in [3.63, 3.8) is 0 Å².